The Bertz CT molecular complexity index is 668. The third-order valence-corrected chi connectivity index (χ3v) is 5.01. The van der Waals surface area contributed by atoms with Gasteiger partial charge in [-0.3, -0.25) is 9.59 Å². The number of hydrogen-bond acceptors (Lipinski definition) is 3. The molecule has 1 aliphatic heterocycles. The van der Waals surface area contributed by atoms with Crippen LogP contribution in [-0.4, -0.2) is 25.5 Å². The minimum absolute atomic E-state index is 0.000508. The zero-order chi connectivity index (χ0) is 17.0. The summed E-state index contributed by atoms with van der Waals surface area (Å²) in [5, 5.41) is 6.07. The molecule has 0 aromatic heterocycles. The topological polar surface area (TPSA) is 67.4 Å². The fraction of sp³-hybridized carbons (Fsp3) is 0.474. The van der Waals surface area contributed by atoms with Crippen LogP contribution in [0.4, 0.5) is 0 Å². The summed E-state index contributed by atoms with van der Waals surface area (Å²) in [6.45, 7) is 0.585. The van der Waals surface area contributed by atoms with E-state index >= 15 is 0 Å². The van der Waals surface area contributed by atoms with Gasteiger partial charge in [0.25, 0.3) is 0 Å². The number of amides is 2. The maximum Gasteiger partial charge on any atom is 0.224 e. The van der Waals surface area contributed by atoms with Crippen LogP contribution in [-0.2, 0) is 16.0 Å². The molecule has 2 aliphatic rings. The van der Waals surface area contributed by atoms with E-state index in [1.165, 1.54) is 0 Å². The highest BCUT2D eigenvalue weighted by Crippen LogP contribution is 2.42. The van der Waals surface area contributed by atoms with Crippen molar-refractivity contribution in [2.45, 2.75) is 38.5 Å². The molecule has 24 heavy (non-hydrogen) atoms. The van der Waals surface area contributed by atoms with Gasteiger partial charge < -0.3 is 15.4 Å². The molecule has 5 heteroatoms. The maximum atomic E-state index is 12.3. The van der Waals surface area contributed by atoms with Crippen LogP contribution in [0.1, 0.15) is 37.7 Å². The number of benzene rings is 1. The highest BCUT2D eigenvalue weighted by molar-refractivity contribution is 5.80. The standard InChI is InChI=1S/C19H24N2O3/c1-24-15-6-4-5-14(11-15)12-18(23)20-13-19-9-3-2-7-16(19)21-17(22)8-10-19/h4-7,11H,2-3,8-10,12-13H2,1H3,(H,20,23)(H,21,22). The maximum absolute atomic E-state index is 12.3. The van der Waals surface area contributed by atoms with Crippen molar-refractivity contribution in [3.8, 4) is 5.75 Å². The van der Waals surface area contributed by atoms with Crippen LogP contribution in [0.2, 0.25) is 0 Å². The molecule has 0 spiro atoms. The van der Waals surface area contributed by atoms with E-state index in [0.29, 0.717) is 19.4 Å². The molecule has 128 valence electrons. The first kappa shape index (κ1) is 16.6. The Morgan fingerprint density at radius 1 is 1.38 bits per heavy atom. The summed E-state index contributed by atoms with van der Waals surface area (Å²) in [6, 6.07) is 7.56. The lowest BCUT2D eigenvalue weighted by molar-refractivity contribution is -0.123. The number of nitrogens with one attached hydrogen (secondary N) is 2. The summed E-state index contributed by atoms with van der Waals surface area (Å²) in [7, 11) is 1.62. The second-order valence-electron chi connectivity index (χ2n) is 6.64. The zero-order valence-corrected chi connectivity index (χ0v) is 14.1. The van der Waals surface area contributed by atoms with E-state index < -0.39 is 0 Å². The molecule has 1 saturated heterocycles. The van der Waals surface area contributed by atoms with Crippen LogP contribution in [0.5, 0.6) is 5.75 Å². The second kappa shape index (κ2) is 7.07. The van der Waals surface area contributed by atoms with Crippen LogP contribution < -0.4 is 15.4 Å². The van der Waals surface area contributed by atoms with E-state index in [-0.39, 0.29) is 17.2 Å². The van der Waals surface area contributed by atoms with Crippen molar-refractivity contribution < 1.29 is 14.3 Å². The second-order valence-corrected chi connectivity index (χ2v) is 6.64. The number of carbonyl (C=O) groups excluding carboxylic acids is 2. The Kier molecular flexibility index (Phi) is 4.88. The van der Waals surface area contributed by atoms with Crippen molar-refractivity contribution in [2.75, 3.05) is 13.7 Å². The number of hydrogen-bond donors (Lipinski definition) is 2. The summed E-state index contributed by atoms with van der Waals surface area (Å²) in [4.78, 5) is 24.0. The summed E-state index contributed by atoms with van der Waals surface area (Å²) >= 11 is 0. The number of allylic oxidation sites excluding steroid dienone is 1. The van der Waals surface area contributed by atoms with Gasteiger partial charge in [-0.25, -0.2) is 0 Å². The lowest BCUT2D eigenvalue weighted by Crippen LogP contribution is -2.48. The van der Waals surface area contributed by atoms with E-state index in [1.54, 1.807) is 7.11 Å². The molecule has 1 unspecified atom stereocenters. The Hall–Kier alpha value is -2.30. The largest absolute Gasteiger partial charge is 0.497 e. The third-order valence-electron chi connectivity index (χ3n) is 5.01. The highest BCUT2D eigenvalue weighted by Gasteiger charge is 2.40. The predicted octanol–water partition coefficient (Wildman–Crippen LogP) is 2.32. The Morgan fingerprint density at radius 3 is 3.08 bits per heavy atom. The Labute approximate surface area is 142 Å². The molecular formula is C19H24N2O3. The predicted molar refractivity (Wildman–Crippen MR) is 91.5 cm³/mol. The minimum Gasteiger partial charge on any atom is -0.497 e. The Balaban J connectivity index is 1.61. The molecule has 1 aromatic rings. The van der Waals surface area contributed by atoms with Crippen LogP contribution in [0, 0.1) is 5.41 Å². The summed E-state index contributed by atoms with van der Waals surface area (Å²) in [5.41, 5.74) is 1.84. The van der Waals surface area contributed by atoms with Crippen molar-refractivity contribution in [3.05, 3.63) is 41.6 Å². The van der Waals surface area contributed by atoms with Gasteiger partial charge in [0.2, 0.25) is 11.8 Å². The number of methoxy groups -OCH3 is 1. The number of fused-ring (bicyclic) bond motifs is 1. The van der Waals surface area contributed by atoms with Crippen molar-refractivity contribution in [1.82, 2.24) is 10.6 Å². The van der Waals surface area contributed by atoms with Crippen LogP contribution in [0.25, 0.3) is 0 Å². The highest BCUT2D eigenvalue weighted by atomic mass is 16.5. The quantitative estimate of drug-likeness (QED) is 0.872. The third kappa shape index (κ3) is 3.61. The van der Waals surface area contributed by atoms with Gasteiger partial charge in [0.05, 0.1) is 13.5 Å². The van der Waals surface area contributed by atoms with Crippen LogP contribution in [0.3, 0.4) is 0 Å². The lowest BCUT2D eigenvalue weighted by Gasteiger charge is -2.42. The molecule has 2 N–H and O–H groups in total. The number of ether oxygens (including phenoxy) is 1. The van der Waals surface area contributed by atoms with Gasteiger partial charge in [-0.05, 0) is 43.4 Å². The molecule has 1 aromatic carbocycles. The summed E-state index contributed by atoms with van der Waals surface area (Å²) < 4.78 is 5.19. The van der Waals surface area contributed by atoms with Gasteiger partial charge >= 0.3 is 0 Å². The van der Waals surface area contributed by atoms with Gasteiger partial charge in [-0.15, -0.1) is 0 Å². The Morgan fingerprint density at radius 2 is 2.25 bits per heavy atom. The van der Waals surface area contributed by atoms with Gasteiger partial charge in [0.1, 0.15) is 5.75 Å². The monoisotopic (exact) mass is 328 g/mol. The molecule has 1 fully saturated rings. The van der Waals surface area contributed by atoms with Gasteiger partial charge in [-0.2, -0.15) is 0 Å². The first-order valence-corrected chi connectivity index (χ1v) is 8.51. The molecule has 0 saturated carbocycles. The average molecular weight is 328 g/mol. The SMILES string of the molecule is COc1cccc(CC(=O)NCC23CCCC=C2NC(=O)CC3)c1. The number of rotatable bonds is 5. The van der Waals surface area contributed by atoms with Crippen LogP contribution in [0.15, 0.2) is 36.0 Å². The molecule has 0 radical (unpaired) electrons. The van der Waals surface area contributed by atoms with E-state index in [1.807, 2.05) is 24.3 Å². The summed E-state index contributed by atoms with van der Waals surface area (Å²) in [5.74, 6) is 0.840. The molecule has 0 bridgehead atoms. The summed E-state index contributed by atoms with van der Waals surface area (Å²) in [6.07, 6.45) is 6.90. The number of piperidine rings is 1. The van der Waals surface area contributed by atoms with Crippen molar-refractivity contribution in [3.63, 3.8) is 0 Å². The first-order valence-electron chi connectivity index (χ1n) is 8.51. The minimum atomic E-state index is -0.101. The van der Waals surface area contributed by atoms with E-state index in [0.717, 1.165) is 42.7 Å². The van der Waals surface area contributed by atoms with Crippen molar-refractivity contribution in [1.29, 1.82) is 0 Å². The average Bonchev–Trinajstić information content (AvgIpc) is 2.60. The molecule has 5 nitrogen and oxygen atoms in total. The smallest absolute Gasteiger partial charge is 0.224 e. The van der Waals surface area contributed by atoms with Crippen molar-refractivity contribution >= 4 is 11.8 Å². The fourth-order valence-corrected chi connectivity index (χ4v) is 3.62. The molecule has 3 rings (SSSR count). The molecule has 1 atom stereocenters. The molecule has 1 aliphatic carbocycles. The van der Waals surface area contributed by atoms with E-state index in [2.05, 4.69) is 16.7 Å². The first-order chi connectivity index (χ1) is 11.6. The van der Waals surface area contributed by atoms with E-state index in [4.69, 9.17) is 4.74 Å². The van der Waals surface area contributed by atoms with Gasteiger partial charge in [0, 0.05) is 24.1 Å². The van der Waals surface area contributed by atoms with E-state index in [9.17, 15) is 9.59 Å². The zero-order valence-electron chi connectivity index (χ0n) is 14.1. The number of carbonyl (C=O) groups is 2. The van der Waals surface area contributed by atoms with Gasteiger partial charge in [-0.1, -0.05) is 18.2 Å². The molecule has 2 amide bonds. The normalized spacial score (nSPS) is 22.9. The molecule has 1 heterocycles. The van der Waals surface area contributed by atoms with Crippen molar-refractivity contribution in [2.24, 2.45) is 5.41 Å². The fourth-order valence-electron chi connectivity index (χ4n) is 3.62. The molecular weight excluding hydrogens is 304 g/mol. The lowest BCUT2D eigenvalue weighted by atomic mass is 9.70. The van der Waals surface area contributed by atoms with Gasteiger partial charge in [0.15, 0.2) is 0 Å². The van der Waals surface area contributed by atoms with Crippen LogP contribution >= 0.6 is 0 Å².